The van der Waals surface area contributed by atoms with Crippen molar-refractivity contribution >= 4 is 10.0 Å². The van der Waals surface area contributed by atoms with E-state index in [0.717, 1.165) is 18.7 Å². The minimum Gasteiger partial charge on any atom is -0.309 e. The largest absolute Gasteiger partial charge is 0.309 e. The molecule has 0 radical (unpaired) electrons. The van der Waals surface area contributed by atoms with Crippen LogP contribution in [0.5, 0.6) is 0 Å². The Morgan fingerprint density at radius 1 is 1.06 bits per heavy atom. The zero-order valence-corrected chi connectivity index (χ0v) is 11.1. The zero-order valence-electron chi connectivity index (χ0n) is 10.3. The normalized spacial score (nSPS) is 20.5. The molecular weight excluding hydrogens is 248 g/mol. The maximum absolute atomic E-state index is 12.5. The first-order valence-corrected chi connectivity index (χ1v) is 7.49. The molecule has 0 saturated heterocycles. The molecule has 0 aliphatic carbocycles. The lowest BCUT2D eigenvalue weighted by atomic mass is 10.2. The predicted octanol–water partition coefficient (Wildman–Crippen LogP) is 0.899. The van der Waals surface area contributed by atoms with Gasteiger partial charge < -0.3 is 5.32 Å². The Kier molecular flexibility index (Phi) is 2.77. The van der Waals surface area contributed by atoms with Gasteiger partial charge in [-0.1, -0.05) is 17.7 Å². The van der Waals surface area contributed by atoms with Crippen LogP contribution >= 0.6 is 0 Å². The number of sulfonamides is 1. The van der Waals surface area contributed by atoms with E-state index in [-0.39, 0.29) is 0 Å². The minimum atomic E-state index is -3.33. The standard InChI is InChI=1S/C13H16N2O2S/c1-10-2-4-13(5-3-10)18(16,17)15-8-11-6-14-7-12(11)9-15/h2-5,14H,6-9H2,1H3. The van der Waals surface area contributed by atoms with Crippen molar-refractivity contribution < 1.29 is 8.42 Å². The highest BCUT2D eigenvalue weighted by Crippen LogP contribution is 2.26. The highest BCUT2D eigenvalue weighted by molar-refractivity contribution is 7.89. The fourth-order valence-electron chi connectivity index (χ4n) is 2.46. The van der Waals surface area contributed by atoms with Crippen molar-refractivity contribution in [3.8, 4) is 0 Å². The molecule has 0 saturated carbocycles. The Bertz CT molecular complexity index is 586. The molecule has 0 amide bonds. The summed E-state index contributed by atoms with van der Waals surface area (Å²) < 4.78 is 26.5. The topological polar surface area (TPSA) is 49.4 Å². The zero-order chi connectivity index (χ0) is 12.8. The molecule has 2 aliphatic rings. The molecule has 1 aromatic rings. The van der Waals surface area contributed by atoms with E-state index >= 15 is 0 Å². The summed E-state index contributed by atoms with van der Waals surface area (Å²) in [5.41, 5.74) is 3.55. The molecule has 0 spiro atoms. The average molecular weight is 264 g/mol. The lowest BCUT2D eigenvalue weighted by Crippen LogP contribution is -2.32. The van der Waals surface area contributed by atoms with Gasteiger partial charge in [-0.2, -0.15) is 4.31 Å². The molecule has 4 nitrogen and oxygen atoms in total. The monoisotopic (exact) mass is 264 g/mol. The number of hydrogen-bond acceptors (Lipinski definition) is 3. The van der Waals surface area contributed by atoms with Crippen molar-refractivity contribution in [3.63, 3.8) is 0 Å². The fraction of sp³-hybridized carbons (Fsp3) is 0.385. The van der Waals surface area contributed by atoms with Gasteiger partial charge in [0.05, 0.1) is 4.90 Å². The van der Waals surface area contributed by atoms with Gasteiger partial charge in [0.25, 0.3) is 0 Å². The Balaban J connectivity index is 1.86. The van der Waals surface area contributed by atoms with Crippen molar-refractivity contribution in [1.29, 1.82) is 0 Å². The van der Waals surface area contributed by atoms with Crippen LogP contribution in [0.15, 0.2) is 40.3 Å². The van der Waals surface area contributed by atoms with Crippen LogP contribution in [0.2, 0.25) is 0 Å². The summed E-state index contributed by atoms with van der Waals surface area (Å²) in [6, 6.07) is 7.05. The molecule has 0 bridgehead atoms. The Morgan fingerprint density at radius 3 is 2.17 bits per heavy atom. The van der Waals surface area contributed by atoms with E-state index in [9.17, 15) is 8.42 Å². The van der Waals surface area contributed by atoms with Crippen LogP contribution in [0.25, 0.3) is 0 Å². The van der Waals surface area contributed by atoms with E-state index in [1.54, 1.807) is 16.4 Å². The number of hydrogen-bond donors (Lipinski definition) is 1. The average Bonchev–Trinajstić information content (AvgIpc) is 2.89. The number of nitrogens with zero attached hydrogens (tertiary/aromatic N) is 1. The molecule has 2 heterocycles. The van der Waals surface area contributed by atoms with E-state index in [4.69, 9.17) is 0 Å². The van der Waals surface area contributed by atoms with Crippen LogP contribution in [-0.2, 0) is 10.0 Å². The van der Waals surface area contributed by atoms with Gasteiger partial charge in [-0.25, -0.2) is 8.42 Å². The summed E-state index contributed by atoms with van der Waals surface area (Å²) in [5, 5.41) is 3.25. The number of benzene rings is 1. The third kappa shape index (κ3) is 1.88. The molecule has 0 aromatic heterocycles. The van der Waals surface area contributed by atoms with Crippen LogP contribution in [0, 0.1) is 6.92 Å². The first-order chi connectivity index (χ1) is 8.57. The van der Waals surface area contributed by atoms with Gasteiger partial charge in [-0.05, 0) is 30.2 Å². The van der Waals surface area contributed by atoms with E-state index in [1.807, 2.05) is 19.1 Å². The fourth-order valence-corrected chi connectivity index (χ4v) is 3.89. The predicted molar refractivity (Wildman–Crippen MR) is 69.8 cm³/mol. The van der Waals surface area contributed by atoms with Gasteiger partial charge in [0, 0.05) is 26.2 Å². The van der Waals surface area contributed by atoms with E-state index < -0.39 is 10.0 Å². The second-order valence-corrected chi connectivity index (χ2v) is 6.83. The Hall–Kier alpha value is -1.17. The second kappa shape index (κ2) is 4.19. The first kappa shape index (κ1) is 11.9. The van der Waals surface area contributed by atoms with E-state index in [2.05, 4.69) is 5.32 Å². The lowest BCUT2D eigenvalue weighted by molar-refractivity contribution is 0.473. The Morgan fingerprint density at radius 2 is 1.61 bits per heavy atom. The van der Waals surface area contributed by atoms with Gasteiger partial charge in [0.2, 0.25) is 10.0 Å². The Labute approximate surface area is 107 Å². The molecule has 1 aromatic carbocycles. The van der Waals surface area contributed by atoms with Crippen LogP contribution in [0.1, 0.15) is 5.56 Å². The van der Waals surface area contributed by atoms with Crippen molar-refractivity contribution in [1.82, 2.24) is 9.62 Å². The minimum absolute atomic E-state index is 0.391. The highest BCUT2D eigenvalue weighted by Gasteiger charge is 2.33. The van der Waals surface area contributed by atoms with Crippen molar-refractivity contribution in [2.24, 2.45) is 0 Å². The van der Waals surface area contributed by atoms with Gasteiger partial charge >= 0.3 is 0 Å². The summed E-state index contributed by atoms with van der Waals surface area (Å²) in [6.45, 7) is 4.69. The van der Waals surface area contributed by atoms with Crippen LogP contribution in [0.3, 0.4) is 0 Å². The molecule has 2 aliphatic heterocycles. The molecule has 18 heavy (non-hydrogen) atoms. The van der Waals surface area contributed by atoms with Gasteiger partial charge in [0.15, 0.2) is 0 Å². The van der Waals surface area contributed by atoms with Crippen molar-refractivity contribution in [2.75, 3.05) is 26.2 Å². The first-order valence-electron chi connectivity index (χ1n) is 6.05. The van der Waals surface area contributed by atoms with Crippen molar-refractivity contribution in [2.45, 2.75) is 11.8 Å². The van der Waals surface area contributed by atoms with Crippen LogP contribution in [-0.4, -0.2) is 38.9 Å². The summed E-state index contributed by atoms with van der Waals surface area (Å²) in [7, 11) is -3.33. The van der Waals surface area contributed by atoms with Gasteiger partial charge in [-0.3, -0.25) is 0 Å². The van der Waals surface area contributed by atoms with Gasteiger partial charge in [-0.15, -0.1) is 0 Å². The molecule has 5 heteroatoms. The summed E-state index contributed by atoms with van der Waals surface area (Å²) in [5.74, 6) is 0. The van der Waals surface area contributed by atoms with E-state index in [0.29, 0.717) is 18.0 Å². The third-order valence-corrected chi connectivity index (χ3v) is 5.38. The molecule has 3 rings (SSSR count). The van der Waals surface area contributed by atoms with Crippen LogP contribution < -0.4 is 5.32 Å². The summed E-state index contributed by atoms with van der Waals surface area (Å²) in [6.07, 6.45) is 0. The highest BCUT2D eigenvalue weighted by atomic mass is 32.2. The third-order valence-electron chi connectivity index (χ3n) is 3.57. The smallest absolute Gasteiger partial charge is 0.243 e. The quantitative estimate of drug-likeness (QED) is 0.807. The molecular formula is C13H16N2O2S. The van der Waals surface area contributed by atoms with Crippen LogP contribution in [0.4, 0.5) is 0 Å². The van der Waals surface area contributed by atoms with Crippen molar-refractivity contribution in [3.05, 3.63) is 41.0 Å². The lowest BCUT2D eigenvalue weighted by Gasteiger charge is -2.18. The molecule has 0 unspecified atom stereocenters. The molecule has 1 N–H and O–H groups in total. The number of rotatable bonds is 2. The SMILES string of the molecule is Cc1ccc(S(=O)(=O)N2CC3=C(CNC3)C2)cc1. The maximum Gasteiger partial charge on any atom is 0.243 e. The van der Waals surface area contributed by atoms with E-state index in [1.165, 1.54) is 11.1 Å². The number of aryl methyl sites for hydroxylation is 1. The second-order valence-electron chi connectivity index (χ2n) is 4.90. The molecule has 96 valence electrons. The molecule has 0 fully saturated rings. The summed E-state index contributed by atoms with van der Waals surface area (Å²) >= 11 is 0. The van der Waals surface area contributed by atoms with Gasteiger partial charge in [0.1, 0.15) is 0 Å². The number of nitrogens with one attached hydrogen (secondary N) is 1. The maximum atomic E-state index is 12.5. The summed E-state index contributed by atoms with van der Waals surface area (Å²) in [4.78, 5) is 0.391. The molecule has 0 atom stereocenters.